The van der Waals surface area contributed by atoms with Gasteiger partial charge in [0.2, 0.25) is 11.8 Å². The van der Waals surface area contributed by atoms with E-state index in [0.29, 0.717) is 11.6 Å². The average molecular weight is 622 g/mol. The molecule has 1 N–H and O–H groups in total. The van der Waals surface area contributed by atoms with Gasteiger partial charge in [0.25, 0.3) is 10.0 Å². The van der Waals surface area contributed by atoms with Crippen LogP contribution in [-0.4, -0.2) is 44.3 Å². The first-order valence-electron chi connectivity index (χ1n) is 13.8. The number of amides is 2. The Bertz CT molecular complexity index is 1650. The molecule has 1 atom stereocenters. The van der Waals surface area contributed by atoms with Gasteiger partial charge in [-0.15, -0.1) is 0 Å². The van der Waals surface area contributed by atoms with E-state index >= 15 is 0 Å². The van der Waals surface area contributed by atoms with Gasteiger partial charge >= 0.3 is 0 Å². The molecule has 0 saturated carbocycles. The van der Waals surface area contributed by atoms with Crippen molar-refractivity contribution in [3.8, 4) is 0 Å². The number of anilines is 1. The van der Waals surface area contributed by atoms with Crippen molar-refractivity contribution in [2.24, 2.45) is 0 Å². The Balaban J connectivity index is 1.80. The summed E-state index contributed by atoms with van der Waals surface area (Å²) in [6.45, 7) is 3.06. The van der Waals surface area contributed by atoms with E-state index in [9.17, 15) is 22.4 Å². The molecule has 224 valence electrons. The Morgan fingerprint density at radius 1 is 0.884 bits per heavy atom. The molecule has 4 aromatic rings. The second-order valence-corrected chi connectivity index (χ2v) is 12.3. The van der Waals surface area contributed by atoms with Crippen molar-refractivity contribution in [1.82, 2.24) is 10.2 Å². The van der Waals surface area contributed by atoms with Gasteiger partial charge in [-0.25, -0.2) is 12.8 Å². The van der Waals surface area contributed by atoms with Gasteiger partial charge in [-0.1, -0.05) is 77.8 Å². The van der Waals surface area contributed by atoms with Gasteiger partial charge in [0.05, 0.1) is 10.6 Å². The maximum Gasteiger partial charge on any atom is 0.264 e. The molecule has 0 aliphatic heterocycles. The highest BCUT2D eigenvalue weighted by Gasteiger charge is 2.34. The van der Waals surface area contributed by atoms with E-state index in [1.807, 2.05) is 37.3 Å². The minimum atomic E-state index is -4.26. The van der Waals surface area contributed by atoms with Crippen LogP contribution in [0.25, 0.3) is 0 Å². The fraction of sp³-hybridized carbons (Fsp3) is 0.212. The molecule has 4 rings (SSSR count). The minimum Gasteiger partial charge on any atom is -0.355 e. The summed E-state index contributed by atoms with van der Waals surface area (Å²) < 4.78 is 43.8. The average Bonchev–Trinajstić information content (AvgIpc) is 3.00. The lowest BCUT2D eigenvalue weighted by atomic mass is 10.0. The van der Waals surface area contributed by atoms with E-state index in [1.54, 1.807) is 37.3 Å². The zero-order chi connectivity index (χ0) is 31.0. The molecule has 0 saturated heterocycles. The fourth-order valence-electron chi connectivity index (χ4n) is 4.63. The van der Waals surface area contributed by atoms with Crippen LogP contribution < -0.4 is 9.62 Å². The summed E-state index contributed by atoms with van der Waals surface area (Å²) >= 11 is 6.01. The molecule has 0 aliphatic rings. The quantitative estimate of drug-likeness (QED) is 0.218. The second kappa shape index (κ2) is 14.3. The van der Waals surface area contributed by atoms with Crippen molar-refractivity contribution < 1.29 is 22.4 Å². The molecule has 0 radical (unpaired) electrons. The molecule has 0 bridgehead atoms. The number of likely N-dealkylation sites (N-methyl/N-ethyl adjacent to an activating group) is 1. The minimum absolute atomic E-state index is 0.0597. The van der Waals surface area contributed by atoms with E-state index in [-0.39, 0.29) is 29.1 Å². The first kappa shape index (κ1) is 31.7. The largest absolute Gasteiger partial charge is 0.355 e. The van der Waals surface area contributed by atoms with Crippen LogP contribution in [0.4, 0.5) is 10.1 Å². The van der Waals surface area contributed by atoms with Gasteiger partial charge < -0.3 is 10.2 Å². The normalized spacial score (nSPS) is 11.9. The topological polar surface area (TPSA) is 86.8 Å². The Morgan fingerprint density at radius 2 is 1.51 bits per heavy atom. The molecule has 10 heteroatoms. The SMILES string of the molecule is CCNC(=O)[C@@H](Cc1ccccc1)N(Cc1ccccc1F)C(=O)CN(c1ccc(C)cc1)S(=O)(=O)c1ccc(Cl)cc1. The molecule has 4 aromatic carbocycles. The van der Waals surface area contributed by atoms with Crippen LogP contribution in [0.15, 0.2) is 108 Å². The number of benzene rings is 4. The van der Waals surface area contributed by atoms with Gasteiger partial charge in [0, 0.05) is 30.1 Å². The van der Waals surface area contributed by atoms with E-state index in [1.165, 1.54) is 47.4 Å². The number of nitrogens with one attached hydrogen (secondary N) is 1. The first-order chi connectivity index (χ1) is 20.6. The van der Waals surface area contributed by atoms with Gasteiger partial charge in [-0.3, -0.25) is 13.9 Å². The zero-order valence-electron chi connectivity index (χ0n) is 23.9. The Hall–Kier alpha value is -4.21. The summed E-state index contributed by atoms with van der Waals surface area (Å²) in [7, 11) is -4.26. The van der Waals surface area contributed by atoms with Gasteiger partial charge in [0.1, 0.15) is 18.4 Å². The Labute approximate surface area is 257 Å². The highest BCUT2D eigenvalue weighted by Crippen LogP contribution is 2.26. The maximum atomic E-state index is 14.9. The summed E-state index contributed by atoms with van der Waals surface area (Å²) in [6, 6.07) is 26.5. The molecule has 0 fully saturated rings. The number of carbonyl (C=O) groups excluding carboxylic acids is 2. The van der Waals surface area contributed by atoms with Crippen molar-refractivity contribution >= 4 is 39.1 Å². The van der Waals surface area contributed by atoms with Gasteiger partial charge in [-0.05, 0) is 61.9 Å². The standard InChI is InChI=1S/C33H33ClFN3O4S/c1-3-36-33(40)31(21-25-9-5-4-6-10-25)37(22-26-11-7-8-12-30(26)35)32(39)23-38(28-17-13-24(2)14-18-28)43(41,42)29-19-15-27(34)16-20-29/h4-20,31H,3,21-23H2,1-2H3,(H,36,40)/t31-/m1/s1. The van der Waals surface area contributed by atoms with Crippen LogP contribution in [0.3, 0.4) is 0 Å². The molecular formula is C33H33ClFN3O4S. The lowest BCUT2D eigenvalue weighted by Gasteiger charge is -2.34. The summed E-state index contributed by atoms with van der Waals surface area (Å²) in [5.41, 5.74) is 2.14. The van der Waals surface area contributed by atoms with Crippen molar-refractivity contribution in [2.75, 3.05) is 17.4 Å². The van der Waals surface area contributed by atoms with Gasteiger partial charge in [0.15, 0.2) is 0 Å². The molecule has 0 aromatic heterocycles. The smallest absolute Gasteiger partial charge is 0.264 e. The summed E-state index contributed by atoms with van der Waals surface area (Å²) in [4.78, 5) is 28.9. The molecule has 0 heterocycles. The lowest BCUT2D eigenvalue weighted by Crippen LogP contribution is -2.53. The van der Waals surface area contributed by atoms with E-state index in [2.05, 4.69) is 5.32 Å². The summed E-state index contributed by atoms with van der Waals surface area (Å²) in [6.07, 6.45) is 0.140. The van der Waals surface area contributed by atoms with Crippen LogP contribution in [-0.2, 0) is 32.6 Å². The third kappa shape index (κ3) is 8.00. The van der Waals surface area contributed by atoms with Gasteiger partial charge in [-0.2, -0.15) is 0 Å². The molecule has 0 spiro atoms. The number of rotatable bonds is 12. The maximum absolute atomic E-state index is 14.9. The molecule has 0 unspecified atom stereocenters. The molecule has 7 nitrogen and oxygen atoms in total. The van der Waals surface area contributed by atoms with Crippen molar-refractivity contribution in [3.63, 3.8) is 0 Å². The number of carbonyl (C=O) groups is 2. The van der Waals surface area contributed by atoms with Crippen molar-refractivity contribution in [2.45, 2.75) is 37.8 Å². The number of halogens is 2. The zero-order valence-corrected chi connectivity index (χ0v) is 25.5. The molecule has 0 aliphatic carbocycles. The summed E-state index contributed by atoms with van der Waals surface area (Å²) in [5.74, 6) is -1.65. The van der Waals surface area contributed by atoms with Crippen LogP contribution in [0.2, 0.25) is 5.02 Å². The molecular weight excluding hydrogens is 589 g/mol. The predicted molar refractivity (Wildman–Crippen MR) is 167 cm³/mol. The highest BCUT2D eigenvalue weighted by molar-refractivity contribution is 7.92. The van der Waals surface area contributed by atoms with Crippen LogP contribution >= 0.6 is 11.6 Å². The predicted octanol–water partition coefficient (Wildman–Crippen LogP) is 5.76. The number of hydrogen-bond donors (Lipinski definition) is 1. The monoisotopic (exact) mass is 621 g/mol. The number of sulfonamides is 1. The number of hydrogen-bond acceptors (Lipinski definition) is 4. The molecule has 2 amide bonds. The third-order valence-corrected chi connectivity index (χ3v) is 8.96. The molecule has 43 heavy (non-hydrogen) atoms. The Morgan fingerprint density at radius 3 is 2.14 bits per heavy atom. The highest BCUT2D eigenvalue weighted by atomic mass is 35.5. The lowest BCUT2D eigenvalue weighted by molar-refractivity contribution is -0.140. The van der Waals surface area contributed by atoms with Crippen molar-refractivity contribution in [1.29, 1.82) is 0 Å². The van der Waals surface area contributed by atoms with E-state index < -0.39 is 40.2 Å². The van der Waals surface area contributed by atoms with Crippen LogP contribution in [0, 0.1) is 12.7 Å². The van der Waals surface area contributed by atoms with Crippen LogP contribution in [0.1, 0.15) is 23.6 Å². The van der Waals surface area contributed by atoms with Crippen LogP contribution in [0.5, 0.6) is 0 Å². The number of nitrogens with zero attached hydrogens (tertiary/aromatic N) is 2. The number of aryl methyl sites for hydroxylation is 1. The summed E-state index contributed by atoms with van der Waals surface area (Å²) in [5, 5.41) is 3.14. The van der Waals surface area contributed by atoms with Crippen molar-refractivity contribution in [3.05, 3.63) is 131 Å². The Kier molecular flexibility index (Phi) is 10.6. The fourth-order valence-corrected chi connectivity index (χ4v) is 6.17. The second-order valence-electron chi connectivity index (χ2n) is 10.0. The third-order valence-electron chi connectivity index (χ3n) is 6.92. The van der Waals surface area contributed by atoms with E-state index in [4.69, 9.17) is 11.6 Å². The first-order valence-corrected chi connectivity index (χ1v) is 15.6. The van der Waals surface area contributed by atoms with E-state index in [0.717, 1.165) is 15.4 Å².